The predicted molar refractivity (Wildman–Crippen MR) is 131 cm³/mol. The number of urea groups is 1. The van der Waals surface area contributed by atoms with Crippen LogP contribution in [0.1, 0.15) is 76.4 Å². The highest BCUT2D eigenvalue weighted by Crippen LogP contribution is 2.33. The number of hydrogen-bond donors (Lipinski definition) is 1. The van der Waals surface area contributed by atoms with Crippen LogP contribution in [0.3, 0.4) is 0 Å². The molecule has 6 heteroatoms. The Morgan fingerprint density at radius 2 is 1.59 bits per heavy atom. The number of nitrogens with zero attached hydrogens (tertiary/aromatic N) is 3. The van der Waals surface area contributed by atoms with Crippen LogP contribution in [0.2, 0.25) is 0 Å². The van der Waals surface area contributed by atoms with Gasteiger partial charge in [0.1, 0.15) is 5.82 Å². The van der Waals surface area contributed by atoms with Crippen LogP contribution in [0.15, 0.2) is 47.3 Å². The van der Waals surface area contributed by atoms with Crippen molar-refractivity contribution in [2.45, 2.75) is 59.4 Å². The highest BCUT2D eigenvalue weighted by Gasteiger charge is 2.26. The highest BCUT2D eigenvalue weighted by molar-refractivity contribution is 5.91. The summed E-state index contributed by atoms with van der Waals surface area (Å²) in [6.45, 7) is 12.9. The summed E-state index contributed by atoms with van der Waals surface area (Å²) in [6, 6.07) is 12.9. The lowest BCUT2D eigenvalue weighted by Crippen LogP contribution is -2.40. The normalized spacial score (nSPS) is 12.4. The molecular weight excluding hydrogens is 400 g/mol. The average molecular weight is 435 g/mol. The number of benzene rings is 2. The molecule has 0 saturated heterocycles. The van der Waals surface area contributed by atoms with Gasteiger partial charge in [-0.05, 0) is 48.9 Å². The van der Waals surface area contributed by atoms with E-state index in [1.165, 1.54) is 0 Å². The maximum atomic E-state index is 13.5. The SMILES string of the molecule is CCN(C(=O)Nc1c(C(C)C)cccc1C(C)C)C(C)c1nc2ccccc2c(=O)n1C. The molecule has 6 nitrogen and oxygen atoms in total. The van der Waals surface area contributed by atoms with Crippen LogP contribution in [0.4, 0.5) is 10.5 Å². The second-order valence-electron chi connectivity index (χ2n) is 8.86. The Labute approximate surface area is 190 Å². The fourth-order valence-electron chi connectivity index (χ4n) is 4.22. The molecule has 0 saturated carbocycles. The molecule has 0 radical (unpaired) electrons. The van der Waals surface area contributed by atoms with Gasteiger partial charge < -0.3 is 10.2 Å². The number of para-hydroxylation sites is 2. The zero-order valence-corrected chi connectivity index (χ0v) is 20.1. The maximum absolute atomic E-state index is 13.5. The number of aromatic nitrogens is 2. The van der Waals surface area contributed by atoms with E-state index >= 15 is 0 Å². The summed E-state index contributed by atoms with van der Waals surface area (Å²) in [4.78, 5) is 32.8. The minimum atomic E-state index is -0.379. The van der Waals surface area contributed by atoms with Crippen molar-refractivity contribution in [3.05, 3.63) is 69.8 Å². The van der Waals surface area contributed by atoms with Crippen molar-refractivity contribution in [2.24, 2.45) is 7.05 Å². The Hall–Kier alpha value is -3.15. The summed E-state index contributed by atoms with van der Waals surface area (Å²) < 4.78 is 1.55. The zero-order chi connectivity index (χ0) is 23.6. The summed E-state index contributed by atoms with van der Waals surface area (Å²) in [5.41, 5.74) is 3.64. The topological polar surface area (TPSA) is 67.2 Å². The van der Waals surface area contributed by atoms with Gasteiger partial charge in [-0.25, -0.2) is 9.78 Å². The van der Waals surface area contributed by atoms with Crippen LogP contribution in [0.5, 0.6) is 0 Å². The molecule has 2 aromatic carbocycles. The van der Waals surface area contributed by atoms with Crippen molar-refractivity contribution in [3.8, 4) is 0 Å². The number of carbonyl (C=O) groups is 1. The molecule has 2 amide bonds. The number of hydrogen-bond acceptors (Lipinski definition) is 3. The lowest BCUT2D eigenvalue weighted by atomic mass is 9.93. The molecule has 3 aromatic rings. The van der Waals surface area contributed by atoms with Crippen LogP contribution >= 0.6 is 0 Å². The minimum Gasteiger partial charge on any atom is -0.315 e. The molecule has 1 atom stereocenters. The maximum Gasteiger partial charge on any atom is 0.322 e. The number of carbonyl (C=O) groups excluding carboxylic acids is 1. The third-order valence-electron chi connectivity index (χ3n) is 6.07. The van der Waals surface area contributed by atoms with E-state index in [9.17, 15) is 9.59 Å². The summed E-state index contributed by atoms with van der Waals surface area (Å²) in [5, 5.41) is 3.76. The van der Waals surface area contributed by atoms with E-state index in [0.29, 0.717) is 23.3 Å². The number of rotatable bonds is 6. The van der Waals surface area contributed by atoms with Crippen molar-refractivity contribution in [1.82, 2.24) is 14.5 Å². The van der Waals surface area contributed by atoms with Crippen LogP contribution in [0.25, 0.3) is 10.9 Å². The molecule has 1 aromatic heterocycles. The first-order valence-electron chi connectivity index (χ1n) is 11.3. The van der Waals surface area contributed by atoms with Gasteiger partial charge in [-0.2, -0.15) is 0 Å². The molecule has 1 heterocycles. The van der Waals surface area contributed by atoms with Crippen molar-refractivity contribution < 1.29 is 4.79 Å². The van der Waals surface area contributed by atoms with Crippen LogP contribution in [0, 0.1) is 0 Å². The van der Waals surface area contributed by atoms with Gasteiger partial charge in [-0.15, -0.1) is 0 Å². The Balaban J connectivity index is 2.00. The fraction of sp³-hybridized carbons (Fsp3) is 0.423. The monoisotopic (exact) mass is 434 g/mol. The van der Waals surface area contributed by atoms with Crippen LogP contribution < -0.4 is 10.9 Å². The predicted octanol–water partition coefficient (Wildman–Crippen LogP) is 5.80. The van der Waals surface area contributed by atoms with Gasteiger partial charge in [-0.1, -0.05) is 58.0 Å². The second-order valence-corrected chi connectivity index (χ2v) is 8.86. The molecule has 0 aliphatic heterocycles. The van der Waals surface area contributed by atoms with Gasteiger partial charge in [0.2, 0.25) is 0 Å². The third-order valence-corrected chi connectivity index (χ3v) is 6.07. The molecule has 170 valence electrons. The van der Waals surface area contributed by atoms with E-state index in [1.807, 2.05) is 32.0 Å². The van der Waals surface area contributed by atoms with Crippen LogP contribution in [-0.4, -0.2) is 27.0 Å². The van der Waals surface area contributed by atoms with Gasteiger partial charge >= 0.3 is 6.03 Å². The first-order chi connectivity index (χ1) is 15.2. The Morgan fingerprint density at radius 3 is 2.16 bits per heavy atom. The van der Waals surface area contributed by atoms with E-state index in [0.717, 1.165) is 16.8 Å². The second kappa shape index (κ2) is 9.55. The summed E-state index contributed by atoms with van der Waals surface area (Å²) in [7, 11) is 1.71. The zero-order valence-electron chi connectivity index (χ0n) is 20.1. The number of fused-ring (bicyclic) bond motifs is 1. The fourth-order valence-corrected chi connectivity index (χ4v) is 4.22. The third kappa shape index (κ3) is 4.40. The van der Waals surface area contributed by atoms with E-state index < -0.39 is 0 Å². The molecular formula is C26H34N4O2. The van der Waals surface area contributed by atoms with Crippen molar-refractivity contribution in [3.63, 3.8) is 0 Å². The molecule has 0 bridgehead atoms. The van der Waals surface area contributed by atoms with E-state index in [-0.39, 0.29) is 29.5 Å². The van der Waals surface area contributed by atoms with Gasteiger partial charge in [-0.3, -0.25) is 9.36 Å². The molecule has 32 heavy (non-hydrogen) atoms. The van der Waals surface area contributed by atoms with Crippen molar-refractivity contribution >= 4 is 22.6 Å². The Morgan fingerprint density at radius 1 is 1.00 bits per heavy atom. The molecule has 0 aliphatic rings. The molecule has 0 spiro atoms. The summed E-state index contributed by atoms with van der Waals surface area (Å²) in [6.07, 6.45) is 0. The molecule has 3 rings (SSSR count). The van der Waals surface area contributed by atoms with Gasteiger partial charge in [0.05, 0.1) is 16.9 Å². The van der Waals surface area contributed by atoms with Crippen molar-refractivity contribution in [2.75, 3.05) is 11.9 Å². The standard InChI is InChI=1S/C26H34N4O2/c1-8-30(18(6)24-27-22-15-10-9-12-21(22)25(31)29(24)7)26(32)28-23-19(16(2)3)13-11-14-20(23)17(4)5/h9-18H,8H2,1-7H3,(H,28,32). The average Bonchev–Trinajstić information content (AvgIpc) is 2.76. The molecule has 1 unspecified atom stereocenters. The smallest absolute Gasteiger partial charge is 0.315 e. The number of anilines is 1. The number of amides is 2. The van der Waals surface area contributed by atoms with Gasteiger partial charge in [0.15, 0.2) is 0 Å². The summed E-state index contributed by atoms with van der Waals surface area (Å²) >= 11 is 0. The summed E-state index contributed by atoms with van der Waals surface area (Å²) in [5.74, 6) is 1.12. The first-order valence-corrected chi connectivity index (χ1v) is 11.3. The molecule has 0 aliphatic carbocycles. The first kappa shape index (κ1) is 23.5. The minimum absolute atomic E-state index is 0.110. The van der Waals surface area contributed by atoms with E-state index in [1.54, 1.807) is 22.6 Å². The van der Waals surface area contributed by atoms with Crippen molar-refractivity contribution in [1.29, 1.82) is 0 Å². The lowest BCUT2D eigenvalue weighted by molar-refractivity contribution is 0.193. The Kier molecular flexibility index (Phi) is 7.02. The quantitative estimate of drug-likeness (QED) is 0.533. The van der Waals surface area contributed by atoms with Gasteiger partial charge in [0.25, 0.3) is 5.56 Å². The van der Waals surface area contributed by atoms with Gasteiger partial charge in [0, 0.05) is 19.3 Å². The van der Waals surface area contributed by atoms with E-state index in [4.69, 9.17) is 4.98 Å². The van der Waals surface area contributed by atoms with E-state index in [2.05, 4.69) is 51.2 Å². The molecule has 0 fully saturated rings. The molecule has 1 N–H and O–H groups in total. The Bertz CT molecular complexity index is 1150. The largest absolute Gasteiger partial charge is 0.322 e. The number of nitrogens with one attached hydrogen (secondary N) is 1. The van der Waals surface area contributed by atoms with Crippen LogP contribution in [-0.2, 0) is 7.05 Å². The lowest BCUT2D eigenvalue weighted by Gasteiger charge is -2.30. The highest BCUT2D eigenvalue weighted by atomic mass is 16.2.